The Morgan fingerprint density at radius 1 is 0.872 bits per heavy atom. The van der Waals surface area contributed by atoms with Crippen LogP contribution in [0, 0.1) is 17.8 Å². The lowest BCUT2D eigenvalue weighted by molar-refractivity contribution is -0.151. The molecule has 4 unspecified atom stereocenters. The van der Waals surface area contributed by atoms with E-state index >= 15 is 0 Å². The normalized spacial score (nSPS) is 28.1. The Morgan fingerprint density at radius 3 is 2.21 bits per heavy atom. The van der Waals surface area contributed by atoms with Gasteiger partial charge in [0.15, 0.2) is 11.6 Å². The summed E-state index contributed by atoms with van der Waals surface area (Å²) in [6.07, 6.45) is 2.15. The minimum Gasteiger partial charge on any atom is -0.508 e. The lowest BCUT2D eigenvalue weighted by atomic mass is 9.43. The van der Waals surface area contributed by atoms with E-state index in [0.29, 0.717) is 22.4 Å². The smallest absolute Gasteiger partial charge is 0.352 e. The number of aromatic hydroxyl groups is 1. The van der Waals surface area contributed by atoms with Gasteiger partial charge >= 0.3 is 11.4 Å². The number of carbonyl (C=O) groups is 2. The second-order valence-electron chi connectivity index (χ2n) is 11.5. The van der Waals surface area contributed by atoms with Crippen molar-refractivity contribution in [2.75, 3.05) is 0 Å². The Morgan fingerprint density at radius 2 is 1.54 bits per heavy atom. The molecule has 2 aromatic carbocycles. The average Bonchev–Trinajstić information content (AvgIpc) is 3.18. The summed E-state index contributed by atoms with van der Waals surface area (Å²) in [5, 5.41) is 10.3. The highest BCUT2D eigenvalue weighted by Crippen LogP contribution is 2.66. The summed E-state index contributed by atoms with van der Waals surface area (Å²) < 4.78 is 4.07. The van der Waals surface area contributed by atoms with Crippen molar-refractivity contribution in [3.63, 3.8) is 0 Å². The molecule has 1 aliphatic heterocycles. The Kier molecular flexibility index (Phi) is 5.24. The Balaban J connectivity index is 1.65. The summed E-state index contributed by atoms with van der Waals surface area (Å²) in [5.41, 5.74) is 0.443. The van der Waals surface area contributed by atoms with Crippen molar-refractivity contribution in [1.29, 1.82) is 0 Å². The number of carbonyl (C=O) groups excluding carboxylic acids is 2. The number of allylic oxidation sites excluding steroid dienone is 4. The predicted octanol–water partition coefficient (Wildman–Crippen LogP) is 3.98. The zero-order valence-electron chi connectivity index (χ0n) is 22.7. The second-order valence-corrected chi connectivity index (χ2v) is 11.5. The number of rotatable bonds is 2. The third-order valence-corrected chi connectivity index (χ3v) is 9.68. The molecule has 6 rings (SSSR count). The van der Waals surface area contributed by atoms with Gasteiger partial charge in [-0.1, -0.05) is 50.3 Å². The third-order valence-electron chi connectivity index (χ3n) is 9.68. The van der Waals surface area contributed by atoms with E-state index in [0.717, 1.165) is 15.7 Å². The molecule has 0 amide bonds. The number of hydrogen-bond donors (Lipinski definition) is 1. The van der Waals surface area contributed by atoms with Crippen molar-refractivity contribution >= 4 is 11.6 Å². The van der Waals surface area contributed by atoms with Crippen molar-refractivity contribution in [3.05, 3.63) is 103 Å². The molecule has 1 fully saturated rings. The summed E-state index contributed by atoms with van der Waals surface area (Å²) in [5.74, 6) is -0.610. The summed E-state index contributed by atoms with van der Waals surface area (Å²) in [6, 6.07) is 13.4. The largest absolute Gasteiger partial charge is 0.508 e. The van der Waals surface area contributed by atoms with Gasteiger partial charge in [0.1, 0.15) is 5.75 Å². The van der Waals surface area contributed by atoms with Crippen LogP contribution in [0.15, 0.2) is 80.9 Å². The van der Waals surface area contributed by atoms with E-state index in [2.05, 4.69) is 0 Å². The predicted molar refractivity (Wildman–Crippen MR) is 146 cm³/mol. The van der Waals surface area contributed by atoms with E-state index in [4.69, 9.17) is 0 Å². The van der Waals surface area contributed by atoms with Crippen LogP contribution >= 0.6 is 0 Å². The molecule has 0 bridgehead atoms. The van der Waals surface area contributed by atoms with Gasteiger partial charge in [0.25, 0.3) is 0 Å². The fourth-order valence-corrected chi connectivity index (χ4v) is 7.23. The van der Waals surface area contributed by atoms with Gasteiger partial charge in [0.2, 0.25) is 0 Å². The highest BCUT2D eigenvalue weighted by molar-refractivity contribution is 6.17. The van der Waals surface area contributed by atoms with Gasteiger partial charge in [0.05, 0.1) is 23.7 Å². The number of phenols is 1. The van der Waals surface area contributed by atoms with Crippen LogP contribution in [0.3, 0.4) is 0 Å². The Bertz CT molecular complexity index is 1770. The van der Waals surface area contributed by atoms with Crippen LogP contribution in [0.1, 0.15) is 57.2 Å². The van der Waals surface area contributed by atoms with Crippen LogP contribution in [-0.4, -0.2) is 30.6 Å². The molecule has 3 aromatic rings. The first-order chi connectivity index (χ1) is 18.4. The maximum atomic E-state index is 14.2. The molecule has 0 radical (unpaired) electrons. The van der Waals surface area contributed by atoms with Gasteiger partial charge in [-0.3, -0.25) is 9.59 Å². The van der Waals surface area contributed by atoms with E-state index in [9.17, 15) is 24.3 Å². The number of ketones is 2. The van der Waals surface area contributed by atoms with Crippen molar-refractivity contribution in [2.45, 2.75) is 59.5 Å². The van der Waals surface area contributed by atoms with Gasteiger partial charge in [-0.2, -0.15) is 0 Å². The number of aromatic nitrogens is 3. The molecule has 1 saturated carbocycles. The maximum Gasteiger partial charge on any atom is 0.352 e. The number of hydrogen-bond acceptors (Lipinski definition) is 5. The van der Waals surface area contributed by atoms with Crippen molar-refractivity contribution < 1.29 is 14.7 Å². The Labute approximate surface area is 225 Å². The van der Waals surface area contributed by atoms with Gasteiger partial charge in [-0.15, -0.1) is 0 Å². The van der Waals surface area contributed by atoms with Crippen molar-refractivity contribution in [3.8, 4) is 11.4 Å². The topological polar surface area (TPSA) is 103 Å². The second kappa shape index (κ2) is 8.15. The van der Waals surface area contributed by atoms with E-state index in [1.807, 2.05) is 32.1 Å². The average molecular weight is 526 g/mol. The molecule has 2 heterocycles. The number of Topliss-reactive ketones (excluding diaryl/α,β-unsaturated/α-hetero) is 2. The lowest BCUT2D eigenvalue weighted by Crippen LogP contribution is -2.61. The molecule has 1 aromatic heterocycles. The van der Waals surface area contributed by atoms with Crippen molar-refractivity contribution in [2.24, 2.45) is 10.8 Å². The fraction of sp³-hybridized carbons (Fsp3) is 0.355. The first kappa shape index (κ1) is 25.1. The molecule has 200 valence electrons. The molecule has 4 atom stereocenters. The number of para-hydroxylation sites is 1. The molecule has 39 heavy (non-hydrogen) atoms. The van der Waals surface area contributed by atoms with Crippen molar-refractivity contribution in [1.82, 2.24) is 13.9 Å². The molecule has 0 saturated heterocycles. The molecule has 8 nitrogen and oxygen atoms in total. The van der Waals surface area contributed by atoms with Crippen LogP contribution in [0.25, 0.3) is 5.69 Å². The van der Waals surface area contributed by atoms with Gasteiger partial charge in [0, 0.05) is 11.3 Å². The van der Waals surface area contributed by atoms with Crippen LogP contribution < -0.4 is 11.4 Å². The van der Waals surface area contributed by atoms with E-state index in [-0.39, 0.29) is 30.3 Å². The van der Waals surface area contributed by atoms with Crippen LogP contribution in [0.5, 0.6) is 5.75 Å². The van der Waals surface area contributed by atoms with Crippen LogP contribution in [0.4, 0.5) is 0 Å². The molecular weight excluding hydrogens is 494 g/mol. The first-order valence-electron chi connectivity index (χ1n) is 13.2. The molecular formula is C31H31N3O5. The van der Waals surface area contributed by atoms with E-state index < -0.39 is 34.2 Å². The first-order valence-corrected chi connectivity index (χ1v) is 13.2. The number of aryl methyl sites for hydroxylation is 1. The number of benzene rings is 2. The molecule has 8 heteroatoms. The van der Waals surface area contributed by atoms with Gasteiger partial charge in [-0.25, -0.2) is 23.5 Å². The molecule has 3 aliphatic rings. The highest BCUT2D eigenvalue weighted by atomic mass is 16.3. The van der Waals surface area contributed by atoms with Crippen LogP contribution in [-0.2, 0) is 16.1 Å². The minimum atomic E-state index is -1.14. The third kappa shape index (κ3) is 3.05. The molecule has 2 aliphatic carbocycles. The van der Waals surface area contributed by atoms with E-state index in [1.54, 1.807) is 57.2 Å². The number of nitrogens with zero attached hydrogens (tertiary/aromatic N) is 3. The van der Waals surface area contributed by atoms with Gasteiger partial charge in [-0.05, 0) is 73.2 Å². The quantitative estimate of drug-likeness (QED) is 0.510. The monoisotopic (exact) mass is 525 g/mol. The summed E-state index contributed by atoms with van der Waals surface area (Å²) >= 11 is 0. The molecule has 0 spiro atoms. The van der Waals surface area contributed by atoms with Gasteiger partial charge < -0.3 is 5.11 Å². The number of phenolic OH excluding ortho intramolecular Hbond substituents is 1. The zero-order chi connectivity index (χ0) is 28.0. The lowest BCUT2D eigenvalue weighted by Gasteiger charge is -2.58. The maximum absolute atomic E-state index is 14.2. The standard InChI is InChI=1S/C31H31N3O5/c1-17-15-20(11-12-24(17)35)25-22-13-14-32-28(38)33(21-9-7-6-8-10-21)29(39)34(32)23(22)16-30(4)26(36)18(2)19(3)27(37)31(25,30)5/h6-13,15,23,25,35H,14,16H2,1-5H3. The molecule has 1 N–H and O–H groups in total. The highest BCUT2D eigenvalue weighted by Gasteiger charge is 2.66. The zero-order valence-corrected chi connectivity index (χ0v) is 22.7. The number of fused-ring (bicyclic) bond motifs is 4. The summed E-state index contributed by atoms with van der Waals surface area (Å²) in [7, 11) is 0. The minimum absolute atomic E-state index is 0.0886. The fourth-order valence-electron chi connectivity index (χ4n) is 7.23. The SMILES string of the molecule is CC1=C(C)C(=O)C2(C)C(c3ccc(O)c(C)c3)C3=CCn4c(=O)n(-c5ccccc5)c(=O)n4C3CC2(C)C1=O. The van der Waals surface area contributed by atoms with Crippen LogP contribution in [0.2, 0.25) is 0 Å². The Hall–Kier alpha value is -4.20. The summed E-state index contributed by atoms with van der Waals surface area (Å²) in [6.45, 7) is 9.06. The summed E-state index contributed by atoms with van der Waals surface area (Å²) in [4.78, 5) is 55.7. The van der Waals surface area contributed by atoms with E-state index in [1.165, 1.54) is 9.36 Å².